The zero-order chi connectivity index (χ0) is 13.1. The van der Waals surface area contributed by atoms with E-state index in [0.29, 0.717) is 0 Å². The van der Waals surface area contributed by atoms with E-state index >= 15 is 0 Å². The van der Waals surface area contributed by atoms with E-state index < -0.39 is 11.8 Å². The SMILES string of the molecule is CC1=CC=C2C(SC(=O)N2CC2CC2(F)F)C1Br. The maximum atomic E-state index is 13.0. The summed E-state index contributed by atoms with van der Waals surface area (Å²) in [5.41, 5.74) is 2.02. The number of nitrogens with zero attached hydrogens (tertiary/aromatic N) is 1. The molecule has 2 nitrogen and oxygen atoms in total. The number of halogens is 3. The van der Waals surface area contributed by atoms with Crippen LogP contribution in [0.25, 0.3) is 0 Å². The molecular formula is C12H12BrF2NOS. The van der Waals surface area contributed by atoms with Crippen LogP contribution in [0, 0.1) is 5.92 Å². The predicted octanol–water partition coefficient (Wildman–Crippen LogP) is 3.79. The number of rotatable bonds is 2. The maximum absolute atomic E-state index is 13.0. The number of allylic oxidation sites excluding steroid dienone is 3. The molecule has 0 aromatic rings. The summed E-state index contributed by atoms with van der Waals surface area (Å²) < 4.78 is 25.9. The Morgan fingerprint density at radius 3 is 2.83 bits per heavy atom. The number of hydrogen-bond donors (Lipinski definition) is 0. The predicted molar refractivity (Wildman–Crippen MR) is 71.1 cm³/mol. The summed E-state index contributed by atoms with van der Waals surface area (Å²) in [4.78, 5) is 13.6. The second-order valence-corrected chi connectivity index (χ2v) is 7.06. The number of amides is 1. The van der Waals surface area contributed by atoms with Crippen LogP contribution >= 0.6 is 27.7 Å². The van der Waals surface area contributed by atoms with Gasteiger partial charge in [-0.2, -0.15) is 0 Å². The van der Waals surface area contributed by atoms with Gasteiger partial charge in [-0.3, -0.25) is 4.79 Å². The third kappa shape index (κ3) is 1.93. The van der Waals surface area contributed by atoms with Gasteiger partial charge in [0.1, 0.15) is 0 Å². The van der Waals surface area contributed by atoms with E-state index in [2.05, 4.69) is 15.9 Å². The van der Waals surface area contributed by atoms with Gasteiger partial charge in [-0.1, -0.05) is 39.3 Å². The minimum absolute atomic E-state index is 0.0230. The first-order chi connectivity index (χ1) is 8.40. The topological polar surface area (TPSA) is 20.3 Å². The van der Waals surface area contributed by atoms with Crippen LogP contribution in [0.3, 0.4) is 0 Å². The molecule has 0 bridgehead atoms. The first-order valence-electron chi connectivity index (χ1n) is 5.78. The molecule has 98 valence electrons. The van der Waals surface area contributed by atoms with Gasteiger partial charge in [0.25, 0.3) is 11.2 Å². The molecule has 0 N–H and O–H groups in total. The fraction of sp³-hybridized carbons (Fsp3) is 0.583. The largest absolute Gasteiger partial charge is 0.305 e. The molecule has 2 fully saturated rings. The van der Waals surface area contributed by atoms with Crippen molar-refractivity contribution in [3.63, 3.8) is 0 Å². The van der Waals surface area contributed by atoms with E-state index in [-0.39, 0.29) is 28.3 Å². The summed E-state index contributed by atoms with van der Waals surface area (Å²) in [5.74, 6) is -3.24. The molecular weight excluding hydrogens is 324 g/mol. The first-order valence-corrected chi connectivity index (χ1v) is 7.58. The lowest BCUT2D eigenvalue weighted by Crippen LogP contribution is -2.30. The zero-order valence-corrected chi connectivity index (χ0v) is 12.1. The van der Waals surface area contributed by atoms with Gasteiger partial charge in [-0.05, 0) is 13.0 Å². The minimum atomic E-state index is -2.57. The van der Waals surface area contributed by atoms with Crippen molar-refractivity contribution >= 4 is 32.9 Å². The molecule has 0 radical (unpaired) electrons. The van der Waals surface area contributed by atoms with E-state index in [9.17, 15) is 13.6 Å². The highest BCUT2D eigenvalue weighted by Crippen LogP contribution is 2.51. The summed E-state index contributed by atoms with van der Waals surface area (Å²) in [6.45, 7) is 2.14. The Hall–Kier alpha value is -0.360. The van der Waals surface area contributed by atoms with E-state index in [1.54, 1.807) is 0 Å². The van der Waals surface area contributed by atoms with Gasteiger partial charge in [0.15, 0.2) is 0 Å². The molecule has 18 heavy (non-hydrogen) atoms. The van der Waals surface area contributed by atoms with Crippen molar-refractivity contribution in [2.75, 3.05) is 6.54 Å². The van der Waals surface area contributed by atoms with Gasteiger partial charge < -0.3 is 4.90 Å². The summed E-state index contributed by atoms with van der Waals surface area (Å²) in [5, 5.41) is -0.0867. The highest BCUT2D eigenvalue weighted by Gasteiger charge is 2.58. The van der Waals surface area contributed by atoms with Gasteiger partial charge in [0, 0.05) is 24.6 Å². The lowest BCUT2D eigenvalue weighted by molar-refractivity contribution is 0.0940. The van der Waals surface area contributed by atoms with Gasteiger partial charge in [-0.25, -0.2) is 8.78 Å². The molecule has 1 heterocycles. The van der Waals surface area contributed by atoms with Crippen molar-refractivity contribution in [2.45, 2.75) is 29.3 Å². The molecule has 0 aromatic heterocycles. The number of thioether (sulfide) groups is 1. The van der Waals surface area contributed by atoms with Crippen molar-refractivity contribution in [3.05, 3.63) is 23.4 Å². The van der Waals surface area contributed by atoms with Gasteiger partial charge in [-0.15, -0.1) is 0 Å². The minimum Gasteiger partial charge on any atom is -0.305 e. The van der Waals surface area contributed by atoms with Crippen molar-refractivity contribution in [1.29, 1.82) is 0 Å². The number of hydrogen-bond acceptors (Lipinski definition) is 2. The highest BCUT2D eigenvalue weighted by atomic mass is 79.9. The lowest BCUT2D eigenvalue weighted by Gasteiger charge is -2.25. The molecule has 3 unspecified atom stereocenters. The summed E-state index contributed by atoms with van der Waals surface area (Å²) in [6.07, 6.45) is 3.74. The van der Waals surface area contributed by atoms with Crippen LogP contribution in [0.1, 0.15) is 13.3 Å². The third-order valence-electron chi connectivity index (χ3n) is 3.63. The van der Waals surface area contributed by atoms with Gasteiger partial charge in [0.05, 0.1) is 10.1 Å². The van der Waals surface area contributed by atoms with E-state index in [1.807, 2.05) is 19.1 Å². The fourth-order valence-corrected chi connectivity index (χ4v) is 4.23. The Morgan fingerprint density at radius 2 is 2.22 bits per heavy atom. The Kier molecular flexibility index (Phi) is 2.86. The zero-order valence-electron chi connectivity index (χ0n) is 9.70. The van der Waals surface area contributed by atoms with E-state index in [1.165, 1.54) is 16.7 Å². The van der Waals surface area contributed by atoms with Crippen molar-refractivity contribution in [1.82, 2.24) is 4.90 Å². The third-order valence-corrected chi connectivity index (χ3v) is 6.42. The average Bonchev–Trinajstić information content (AvgIpc) is 2.76. The molecule has 1 amide bonds. The lowest BCUT2D eigenvalue weighted by atomic mass is 10.0. The maximum Gasteiger partial charge on any atom is 0.286 e. The molecule has 1 aliphatic heterocycles. The second-order valence-electron chi connectivity index (χ2n) is 4.98. The normalized spacial score (nSPS) is 37.2. The monoisotopic (exact) mass is 335 g/mol. The Labute approximate surface area is 117 Å². The quantitative estimate of drug-likeness (QED) is 0.715. The molecule has 2 aliphatic carbocycles. The van der Waals surface area contributed by atoms with Crippen molar-refractivity contribution < 1.29 is 13.6 Å². The molecule has 3 aliphatic rings. The Bertz CT molecular complexity index is 477. The number of carbonyl (C=O) groups excluding carboxylic acids is 1. The summed E-state index contributed by atoms with van der Waals surface area (Å²) in [6, 6.07) is 0. The van der Waals surface area contributed by atoms with Crippen LogP contribution in [0.4, 0.5) is 13.6 Å². The second kappa shape index (κ2) is 4.07. The Morgan fingerprint density at radius 1 is 1.56 bits per heavy atom. The molecule has 6 heteroatoms. The van der Waals surface area contributed by atoms with Crippen molar-refractivity contribution in [3.8, 4) is 0 Å². The van der Waals surface area contributed by atoms with E-state index in [0.717, 1.165) is 11.3 Å². The average molecular weight is 336 g/mol. The highest BCUT2D eigenvalue weighted by molar-refractivity contribution is 9.09. The van der Waals surface area contributed by atoms with Gasteiger partial charge >= 0.3 is 0 Å². The number of alkyl halides is 3. The van der Waals surface area contributed by atoms with Crippen LogP contribution < -0.4 is 0 Å². The smallest absolute Gasteiger partial charge is 0.286 e. The van der Waals surface area contributed by atoms with Crippen LogP contribution in [-0.4, -0.2) is 32.7 Å². The first kappa shape index (κ1) is 12.7. The summed E-state index contributed by atoms with van der Waals surface area (Å²) in [7, 11) is 0. The molecule has 3 atom stereocenters. The number of carbonyl (C=O) groups is 1. The Balaban J connectivity index is 1.81. The molecule has 1 saturated carbocycles. The molecule has 1 saturated heterocycles. The van der Waals surface area contributed by atoms with Crippen LogP contribution in [0.15, 0.2) is 23.4 Å². The van der Waals surface area contributed by atoms with Crippen LogP contribution in [-0.2, 0) is 0 Å². The van der Waals surface area contributed by atoms with Crippen LogP contribution in [0.5, 0.6) is 0 Å². The molecule has 0 aromatic carbocycles. The number of fused-ring (bicyclic) bond motifs is 1. The van der Waals surface area contributed by atoms with Crippen LogP contribution in [0.2, 0.25) is 0 Å². The molecule has 0 spiro atoms. The molecule has 3 rings (SSSR count). The standard InChI is InChI=1S/C12H12BrF2NOS/c1-6-2-3-8-10(9(6)13)18-11(17)16(8)5-7-4-12(7,14)15/h2-3,7,9-10H,4-5H2,1H3. The van der Waals surface area contributed by atoms with Crippen molar-refractivity contribution in [2.24, 2.45) is 5.92 Å². The fourth-order valence-electron chi connectivity index (χ4n) is 2.30. The van der Waals surface area contributed by atoms with E-state index in [4.69, 9.17) is 0 Å². The summed E-state index contributed by atoms with van der Waals surface area (Å²) >= 11 is 4.79. The van der Waals surface area contributed by atoms with Gasteiger partial charge in [0.2, 0.25) is 0 Å².